The van der Waals surface area contributed by atoms with Gasteiger partial charge in [-0.25, -0.2) is 12.8 Å². The number of anilines is 1. The van der Waals surface area contributed by atoms with Gasteiger partial charge in [-0.1, -0.05) is 20.3 Å². The predicted molar refractivity (Wildman–Crippen MR) is 84.9 cm³/mol. The van der Waals surface area contributed by atoms with Crippen molar-refractivity contribution in [1.29, 1.82) is 0 Å². The van der Waals surface area contributed by atoms with Crippen molar-refractivity contribution in [2.24, 2.45) is 5.41 Å². The first-order chi connectivity index (χ1) is 9.69. The molecule has 0 unspecified atom stereocenters. The predicted octanol–water partition coefficient (Wildman–Crippen LogP) is 3.37. The highest BCUT2D eigenvalue weighted by Gasteiger charge is 2.35. The third-order valence-electron chi connectivity index (χ3n) is 4.45. The molecule has 118 valence electrons. The molecule has 0 aromatic heterocycles. The zero-order valence-electron chi connectivity index (χ0n) is 12.2. The topological polar surface area (TPSA) is 63.4 Å². The van der Waals surface area contributed by atoms with Crippen LogP contribution in [0.3, 0.4) is 0 Å². The number of halogens is 2. The number of rotatable bonds is 3. The number of piperidine rings is 1. The number of nitrogens with two attached hydrogens (primary N) is 1. The Morgan fingerprint density at radius 2 is 1.95 bits per heavy atom. The Bertz CT molecular complexity index is 641. The van der Waals surface area contributed by atoms with E-state index in [1.807, 2.05) is 0 Å². The normalized spacial score (nSPS) is 19.6. The molecule has 1 aromatic rings. The molecule has 1 fully saturated rings. The van der Waals surface area contributed by atoms with Crippen LogP contribution in [0.15, 0.2) is 21.5 Å². The van der Waals surface area contributed by atoms with Crippen LogP contribution in [0.4, 0.5) is 10.1 Å². The van der Waals surface area contributed by atoms with Crippen molar-refractivity contribution in [3.05, 3.63) is 22.4 Å². The Labute approximate surface area is 133 Å². The van der Waals surface area contributed by atoms with Crippen molar-refractivity contribution < 1.29 is 12.8 Å². The fourth-order valence-corrected chi connectivity index (χ4v) is 4.59. The Morgan fingerprint density at radius 3 is 2.48 bits per heavy atom. The number of nitrogen functional groups attached to an aromatic ring is 1. The van der Waals surface area contributed by atoms with Gasteiger partial charge in [0.25, 0.3) is 0 Å². The molecule has 2 N–H and O–H groups in total. The molecule has 1 aliphatic rings. The smallest absolute Gasteiger partial charge is 0.245 e. The molecule has 4 nitrogen and oxygen atoms in total. The van der Waals surface area contributed by atoms with E-state index in [2.05, 4.69) is 29.8 Å². The van der Waals surface area contributed by atoms with Gasteiger partial charge in [-0.3, -0.25) is 0 Å². The first kappa shape index (κ1) is 16.7. The van der Waals surface area contributed by atoms with Crippen LogP contribution in [0.1, 0.15) is 33.1 Å². The van der Waals surface area contributed by atoms with E-state index in [4.69, 9.17) is 5.73 Å². The van der Waals surface area contributed by atoms with E-state index >= 15 is 0 Å². The van der Waals surface area contributed by atoms with Crippen LogP contribution in [-0.2, 0) is 10.0 Å². The summed E-state index contributed by atoms with van der Waals surface area (Å²) in [4.78, 5) is -0.0316. The molecule has 0 aliphatic carbocycles. The second-order valence-corrected chi connectivity index (χ2v) is 8.63. The second-order valence-electron chi connectivity index (χ2n) is 5.87. The van der Waals surface area contributed by atoms with Crippen LogP contribution >= 0.6 is 15.9 Å². The number of sulfonamides is 1. The lowest BCUT2D eigenvalue weighted by molar-refractivity contribution is 0.169. The van der Waals surface area contributed by atoms with Gasteiger partial charge in [0.05, 0.1) is 10.2 Å². The largest absolute Gasteiger partial charge is 0.398 e. The first-order valence-corrected chi connectivity index (χ1v) is 9.17. The van der Waals surface area contributed by atoms with E-state index in [1.165, 1.54) is 10.4 Å². The van der Waals surface area contributed by atoms with Gasteiger partial charge in [0, 0.05) is 13.1 Å². The number of hydrogen-bond acceptors (Lipinski definition) is 3. The summed E-state index contributed by atoms with van der Waals surface area (Å²) in [6, 6.07) is 2.28. The molecule has 0 atom stereocenters. The summed E-state index contributed by atoms with van der Waals surface area (Å²) in [7, 11) is -3.68. The van der Waals surface area contributed by atoms with Gasteiger partial charge in [0.2, 0.25) is 10.0 Å². The monoisotopic (exact) mass is 378 g/mol. The van der Waals surface area contributed by atoms with Crippen molar-refractivity contribution in [1.82, 2.24) is 4.31 Å². The Morgan fingerprint density at radius 1 is 1.38 bits per heavy atom. The third-order valence-corrected chi connectivity index (χ3v) is 7.02. The Kier molecular flexibility index (Phi) is 4.66. The molecule has 1 aromatic carbocycles. The highest BCUT2D eigenvalue weighted by atomic mass is 79.9. The number of hydrogen-bond donors (Lipinski definition) is 1. The zero-order valence-corrected chi connectivity index (χ0v) is 14.6. The molecule has 0 radical (unpaired) electrons. The molecule has 0 spiro atoms. The Hall–Kier alpha value is -0.660. The lowest BCUT2D eigenvalue weighted by Crippen LogP contribution is -2.42. The minimum atomic E-state index is -3.68. The second kappa shape index (κ2) is 5.85. The molecule has 2 rings (SSSR count). The molecular weight excluding hydrogens is 359 g/mol. The van der Waals surface area contributed by atoms with Gasteiger partial charge in [0.15, 0.2) is 0 Å². The average Bonchev–Trinajstić information content (AvgIpc) is 2.43. The summed E-state index contributed by atoms with van der Waals surface area (Å²) in [6.07, 6.45) is 2.68. The minimum Gasteiger partial charge on any atom is -0.398 e. The van der Waals surface area contributed by atoms with E-state index in [-0.39, 0.29) is 20.5 Å². The molecular formula is C14H20BrFN2O2S. The van der Waals surface area contributed by atoms with E-state index in [1.54, 1.807) is 0 Å². The van der Waals surface area contributed by atoms with Crippen LogP contribution in [0.25, 0.3) is 0 Å². The summed E-state index contributed by atoms with van der Waals surface area (Å²) in [6.45, 7) is 5.25. The Balaban J connectivity index is 2.30. The van der Waals surface area contributed by atoms with Crippen molar-refractivity contribution in [3.63, 3.8) is 0 Å². The number of nitrogens with zero attached hydrogens (tertiary/aromatic N) is 1. The highest BCUT2D eigenvalue weighted by Crippen LogP contribution is 2.37. The maximum absolute atomic E-state index is 13.4. The summed E-state index contributed by atoms with van der Waals surface area (Å²) in [5, 5.41) is 0. The van der Waals surface area contributed by atoms with Crippen LogP contribution in [0.2, 0.25) is 0 Å². The third kappa shape index (κ3) is 3.24. The average molecular weight is 379 g/mol. The molecule has 1 heterocycles. The van der Waals surface area contributed by atoms with E-state index in [9.17, 15) is 12.8 Å². The van der Waals surface area contributed by atoms with Crippen LogP contribution < -0.4 is 5.73 Å². The molecule has 0 amide bonds. The molecule has 7 heteroatoms. The summed E-state index contributed by atoms with van der Waals surface area (Å²) < 4.78 is 40.3. The van der Waals surface area contributed by atoms with E-state index in [0.717, 1.165) is 25.3 Å². The summed E-state index contributed by atoms with van der Waals surface area (Å²) in [5.41, 5.74) is 5.84. The van der Waals surface area contributed by atoms with Crippen molar-refractivity contribution in [3.8, 4) is 0 Å². The zero-order chi connectivity index (χ0) is 15.8. The van der Waals surface area contributed by atoms with Gasteiger partial charge < -0.3 is 5.73 Å². The quantitative estimate of drug-likeness (QED) is 0.819. The van der Waals surface area contributed by atoms with Gasteiger partial charge in [-0.05, 0) is 46.3 Å². The number of benzene rings is 1. The van der Waals surface area contributed by atoms with Gasteiger partial charge in [0.1, 0.15) is 10.7 Å². The fraction of sp³-hybridized carbons (Fsp3) is 0.571. The van der Waals surface area contributed by atoms with E-state index < -0.39 is 15.8 Å². The van der Waals surface area contributed by atoms with Gasteiger partial charge >= 0.3 is 0 Å². The lowest BCUT2D eigenvalue weighted by atomic mass is 9.79. The summed E-state index contributed by atoms with van der Waals surface area (Å²) in [5.74, 6) is -0.566. The molecule has 0 saturated carbocycles. The first-order valence-electron chi connectivity index (χ1n) is 6.94. The molecule has 1 aliphatic heterocycles. The molecule has 21 heavy (non-hydrogen) atoms. The highest BCUT2D eigenvalue weighted by molar-refractivity contribution is 9.10. The van der Waals surface area contributed by atoms with Crippen LogP contribution in [0.5, 0.6) is 0 Å². The maximum atomic E-state index is 13.4. The maximum Gasteiger partial charge on any atom is 0.245 e. The van der Waals surface area contributed by atoms with Crippen molar-refractivity contribution in [2.45, 2.75) is 38.0 Å². The SMILES string of the molecule is CCC1(C)CCN(S(=O)(=O)c2cc(Br)c(F)cc2N)CC1. The lowest BCUT2D eigenvalue weighted by Gasteiger charge is -2.38. The van der Waals surface area contributed by atoms with Crippen LogP contribution in [0, 0.1) is 11.2 Å². The van der Waals surface area contributed by atoms with Gasteiger partial charge in [-0.2, -0.15) is 4.31 Å². The minimum absolute atomic E-state index is 0.0316. The standard InChI is InChI=1S/C14H20BrFN2O2S/c1-3-14(2)4-6-18(7-5-14)21(19,20)13-8-10(15)11(16)9-12(13)17/h8-9H,3-7,17H2,1-2H3. The van der Waals surface area contributed by atoms with Crippen molar-refractivity contribution in [2.75, 3.05) is 18.8 Å². The van der Waals surface area contributed by atoms with Crippen LogP contribution in [-0.4, -0.2) is 25.8 Å². The van der Waals surface area contributed by atoms with E-state index in [0.29, 0.717) is 13.1 Å². The fourth-order valence-electron chi connectivity index (χ4n) is 2.53. The van der Waals surface area contributed by atoms with Gasteiger partial charge in [-0.15, -0.1) is 0 Å². The van der Waals surface area contributed by atoms with Crippen molar-refractivity contribution >= 4 is 31.6 Å². The molecule has 1 saturated heterocycles. The molecule has 0 bridgehead atoms. The summed E-state index contributed by atoms with van der Waals surface area (Å²) >= 11 is 3.01.